The first-order valence-electron chi connectivity index (χ1n) is 7.56. The normalized spacial score (nSPS) is 12.0. The summed E-state index contributed by atoms with van der Waals surface area (Å²) in [6, 6.07) is 7.01. The second kappa shape index (κ2) is 6.95. The van der Waals surface area contributed by atoms with E-state index in [4.69, 9.17) is 0 Å². The van der Waals surface area contributed by atoms with Gasteiger partial charge in [-0.2, -0.15) is 4.31 Å². The first kappa shape index (κ1) is 17.6. The lowest BCUT2D eigenvalue weighted by molar-refractivity contribution is 0.0602. The monoisotopic (exact) mass is 379 g/mol. The lowest BCUT2D eigenvalue weighted by Crippen LogP contribution is -2.31. The number of imidazole rings is 1. The molecule has 0 aliphatic carbocycles. The molecule has 0 aliphatic heterocycles. The fraction of sp³-hybridized carbons (Fsp3) is 0.250. The number of thiophene rings is 1. The van der Waals surface area contributed by atoms with Crippen LogP contribution in [-0.4, -0.2) is 41.7 Å². The number of sulfonamides is 1. The zero-order valence-electron chi connectivity index (χ0n) is 13.7. The van der Waals surface area contributed by atoms with Gasteiger partial charge in [0.1, 0.15) is 15.4 Å². The molecule has 25 heavy (non-hydrogen) atoms. The first-order chi connectivity index (χ1) is 12.0. The van der Waals surface area contributed by atoms with Crippen LogP contribution >= 0.6 is 11.3 Å². The second-order valence-corrected chi connectivity index (χ2v) is 8.04. The van der Waals surface area contributed by atoms with Crippen molar-refractivity contribution in [1.29, 1.82) is 0 Å². The van der Waals surface area contributed by atoms with Crippen LogP contribution in [0.5, 0.6) is 0 Å². The van der Waals surface area contributed by atoms with Crippen LogP contribution in [0, 0.1) is 0 Å². The number of ether oxygens (including phenoxy) is 1. The van der Waals surface area contributed by atoms with Crippen LogP contribution in [0.15, 0.2) is 46.9 Å². The molecule has 0 fully saturated rings. The molecule has 3 heterocycles. The summed E-state index contributed by atoms with van der Waals surface area (Å²) in [6.07, 6.45) is 3.49. The summed E-state index contributed by atoms with van der Waals surface area (Å²) in [5, 5.41) is 1.57. The Labute approximate surface area is 149 Å². The molecule has 0 saturated carbocycles. The number of hydrogen-bond donors (Lipinski definition) is 0. The van der Waals surface area contributed by atoms with Crippen molar-refractivity contribution in [3.05, 3.63) is 52.6 Å². The third kappa shape index (κ3) is 3.17. The zero-order valence-corrected chi connectivity index (χ0v) is 15.4. The molecule has 3 aromatic rings. The summed E-state index contributed by atoms with van der Waals surface area (Å²) in [5.41, 5.74) is 1.49. The summed E-state index contributed by atoms with van der Waals surface area (Å²) in [4.78, 5) is 16.2. The van der Waals surface area contributed by atoms with Crippen molar-refractivity contribution >= 4 is 33.0 Å². The summed E-state index contributed by atoms with van der Waals surface area (Å²) in [5.74, 6) is -0.653. The molecule has 0 N–H and O–H groups in total. The highest BCUT2D eigenvalue weighted by atomic mass is 32.2. The number of pyridine rings is 1. The third-order valence-electron chi connectivity index (χ3n) is 3.80. The number of carbonyl (C=O) groups is 1. The van der Waals surface area contributed by atoms with Gasteiger partial charge in [-0.1, -0.05) is 13.0 Å². The number of esters is 1. The summed E-state index contributed by atoms with van der Waals surface area (Å²) in [7, 11) is -2.61. The number of hydrogen-bond acceptors (Lipinski definition) is 6. The molecule has 0 unspecified atom stereocenters. The molecular formula is C16H17N3O4S2. The van der Waals surface area contributed by atoms with Crippen molar-refractivity contribution in [2.24, 2.45) is 0 Å². The van der Waals surface area contributed by atoms with E-state index >= 15 is 0 Å². The molecule has 0 aromatic carbocycles. The highest BCUT2D eigenvalue weighted by Crippen LogP contribution is 2.27. The standard InChI is InChI=1S/C16H17N3O4S2/c1-3-18(11-12-10-17-14-6-4-5-8-19(12)14)25(21,22)13-7-9-24-15(13)16(20)23-2/h4-10H,3,11H2,1-2H3. The molecule has 0 amide bonds. The molecule has 0 aliphatic rings. The predicted octanol–water partition coefficient (Wildman–Crippen LogP) is 2.39. The molecule has 0 bridgehead atoms. The molecule has 3 rings (SSSR count). The lowest BCUT2D eigenvalue weighted by atomic mass is 10.4. The topological polar surface area (TPSA) is 81.0 Å². The predicted molar refractivity (Wildman–Crippen MR) is 94.1 cm³/mol. The first-order valence-corrected chi connectivity index (χ1v) is 9.88. The Morgan fingerprint density at radius 2 is 2.16 bits per heavy atom. The number of fused-ring (bicyclic) bond motifs is 1. The van der Waals surface area contributed by atoms with Gasteiger partial charge in [-0.15, -0.1) is 11.3 Å². The molecule has 7 nitrogen and oxygen atoms in total. The van der Waals surface area contributed by atoms with Gasteiger partial charge in [0.05, 0.1) is 25.5 Å². The largest absolute Gasteiger partial charge is 0.465 e. The Morgan fingerprint density at radius 1 is 1.36 bits per heavy atom. The molecule has 0 atom stereocenters. The van der Waals surface area contributed by atoms with E-state index in [1.165, 1.54) is 17.5 Å². The van der Waals surface area contributed by atoms with E-state index in [0.29, 0.717) is 0 Å². The van der Waals surface area contributed by atoms with Crippen molar-refractivity contribution in [2.75, 3.05) is 13.7 Å². The Balaban J connectivity index is 1.97. The van der Waals surface area contributed by atoms with Crippen molar-refractivity contribution in [2.45, 2.75) is 18.4 Å². The Hall–Kier alpha value is -2.23. The Bertz CT molecular complexity index is 1010. The van der Waals surface area contributed by atoms with Gasteiger partial charge >= 0.3 is 5.97 Å². The number of aromatic nitrogens is 2. The van der Waals surface area contributed by atoms with Gasteiger partial charge in [0.15, 0.2) is 0 Å². The van der Waals surface area contributed by atoms with Crippen LogP contribution in [-0.2, 0) is 21.3 Å². The van der Waals surface area contributed by atoms with Gasteiger partial charge in [0.25, 0.3) is 0 Å². The average molecular weight is 379 g/mol. The van der Waals surface area contributed by atoms with Crippen LogP contribution in [0.1, 0.15) is 22.3 Å². The van der Waals surface area contributed by atoms with Gasteiger partial charge in [0, 0.05) is 12.7 Å². The second-order valence-electron chi connectivity index (χ2n) is 5.22. The van der Waals surface area contributed by atoms with Gasteiger partial charge < -0.3 is 9.14 Å². The number of methoxy groups -OCH3 is 1. The van der Waals surface area contributed by atoms with Crippen LogP contribution in [0.2, 0.25) is 0 Å². The minimum absolute atomic E-state index is 0.0278. The quantitative estimate of drug-likeness (QED) is 0.614. The Kier molecular flexibility index (Phi) is 4.89. The number of carbonyl (C=O) groups excluding carboxylic acids is 1. The highest BCUT2D eigenvalue weighted by molar-refractivity contribution is 7.89. The third-order valence-corrected chi connectivity index (χ3v) is 6.79. The summed E-state index contributed by atoms with van der Waals surface area (Å²) >= 11 is 1.05. The zero-order chi connectivity index (χ0) is 18.0. The van der Waals surface area contributed by atoms with Crippen molar-refractivity contribution in [3.63, 3.8) is 0 Å². The number of rotatable bonds is 6. The maximum atomic E-state index is 13.0. The minimum atomic E-state index is -3.84. The fourth-order valence-corrected chi connectivity index (χ4v) is 5.26. The summed E-state index contributed by atoms with van der Waals surface area (Å²) < 4.78 is 33.9. The number of nitrogens with zero attached hydrogens (tertiary/aromatic N) is 3. The molecule has 132 valence electrons. The molecular weight excluding hydrogens is 362 g/mol. The smallest absolute Gasteiger partial charge is 0.349 e. The van der Waals surface area contributed by atoms with Crippen molar-refractivity contribution in [3.8, 4) is 0 Å². The molecule has 0 spiro atoms. The van der Waals surface area contributed by atoms with Crippen molar-refractivity contribution in [1.82, 2.24) is 13.7 Å². The van der Waals surface area contributed by atoms with E-state index in [-0.39, 0.29) is 22.9 Å². The average Bonchev–Trinajstić information content (AvgIpc) is 3.26. The maximum absolute atomic E-state index is 13.0. The van der Waals surface area contributed by atoms with E-state index in [0.717, 1.165) is 22.7 Å². The van der Waals surface area contributed by atoms with E-state index in [2.05, 4.69) is 9.72 Å². The van der Waals surface area contributed by atoms with Crippen molar-refractivity contribution < 1.29 is 17.9 Å². The Morgan fingerprint density at radius 3 is 2.88 bits per heavy atom. The van der Waals surface area contributed by atoms with Gasteiger partial charge in [0.2, 0.25) is 10.0 Å². The van der Waals surface area contributed by atoms with Gasteiger partial charge in [-0.25, -0.2) is 18.2 Å². The van der Waals surface area contributed by atoms with E-state index < -0.39 is 16.0 Å². The minimum Gasteiger partial charge on any atom is -0.465 e. The van der Waals surface area contributed by atoms with Gasteiger partial charge in [-0.05, 0) is 23.6 Å². The summed E-state index contributed by atoms with van der Waals surface area (Å²) in [6.45, 7) is 2.17. The highest BCUT2D eigenvalue weighted by Gasteiger charge is 2.30. The van der Waals surface area contributed by atoms with E-state index in [9.17, 15) is 13.2 Å². The van der Waals surface area contributed by atoms with E-state index in [1.807, 2.05) is 28.8 Å². The van der Waals surface area contributed by atoms with Crippen LogP contribution in [0.4, 0.5) is 0 Å². The van der Waals surface area contributed by atoms with E-state index in [1.54, 1.807) is 18.5 Å². The maximum Gasteiger partial charge on any atom is 0.349 e. The van der Waals surface area contributed by atoms with Crippen LogP contribution < -0.4 is 0 Å². The van der Waals surface area contributed by atoms with Crippen LogP contribution in [0.25, 0.3) is 5.65 Å². The molecule has 0 radical (unpaired) electrons. The molecule has 9 heteroatoms. The van der Waals surface area contributed by atoms with Gasteiger partial charge in [-0.3, -0.25) is 0 Å². The molecule has 0 saturated heterocycles. The lowest BCUT2D eigenvalue weighted by Gasteiger charge is -2.20. The SMILES string of the molecule is CCN(Cc1cnc2ccccn12)S(=O)(=O)c1ccsc1C(=O)OC. The fourth-order valence-electron chi connectivity index (χ4n) is 2.53. The molecule has 3 aromatic heterocycles. The van der Waals surface area contributed by atoms with Crippen LogP contribution in [0.3, 0.4) is 0 Å².